The molecule has 0 unspecified atom stereocenters. The van der Waals surface area contributed by atoms with Gasteiger partial charge in [0, 0.05) is 0 Å². The number of imide groups is 1. The van der Waals surface area contributed by atoms with Crippen LogP contribution in [0, 0.1) is 0 Å². The molecule has 0 saturated carbocycles. The minimum atomic E-state index is -4.55. The lowest BCUT2D eigenvalue weighted by Gasteiger charge is -2.14. The van der Waals surface area contributed by atoms with Crippen LogP contribution in [0.25, 0.3) is 6.08 Å². The fourth-order valence-electron chi connectivity index (χ4n) is 2.51. The fourth-order valence-corrected chi connectivity index (χ4v) is 3.35. The molecule has 2 aromatic carbocycles. The molecule has 0 spiro atoms. The number of rotatable bonds is 3. The van der Waals surface area contributed by atoms with E-state index in [1.165, 1.54) is 12.1 Å². The topological polar surface area (TPSA) is 37.4 Å². The van der Waals surface area contributed by atoms with Gasteiger partial charge in [-0.3, -0.25) is 9.59 Å². The molecule has 1 saturated heterocycles. The molecule has 1 aliphatic rings. The van der Waals surface area contributed by atoms with E-state index in [1.807, 2.05) is 31.2 Å². The largest absolute Gasteiger partial charge is 0.416 e. The highest BCUT2D eigenvalue weighted by Crippen LogP contribution is 2.38. The molecule has 3 rings (SSSR count). The number of carbonyl (C=O) groups excluding carboxylic acids is 2. The molecular formula is C19H14F3NO2S. The van der Waals surface area contributed by atoms with E-state index in [9.17, 15) is 22.8 Å². The smallest absolute Gasteiger partial charge is 0.268 e. The van der Waals surface area contributed by atoms with Gasteiger partial charge in [0.2, 0.25) is 0 Å². The van der Waals surface area contributed by atoms with Crippen LogP contribution in [0.3, 0.4) is 0 Å². The second-order valence-corrected chi connectivity index (χ2v) is 6.65. The van der Waals surface area contributed by atoms with E-state index in [-0.39, 0.29) is 10.6 Å². The summed E-state index contributed by atoms with van der Waals surface area (Å²) in [7, 11) is 0. The lowest BCUT2D eigenvalue weighted by atomic mass is 10.1. The fraction of sp³-hybridized carbons (Fsp3) is 0.158. The molecule has 0 radical (unpaired) electrons. The molecule has 0 aliphatic carbocycles. The molecular weight excluding hydrogens is 363 g/mol. The van der Waals surface area contributed by atoms with E-state index < -0.39 is 22.9 Å². The van der Waals surface area contributed by atoms with Gasteiger partial charge >= 0.3 is 6.18 Å². The summed E-state index contributed by atoms with van der Waals surface area (Å²) in [4.78, 5) is 25.7. The van der Waals surface area contributed by atoms with Gasteiger partial charge < -0.3 is 0 Å². The van der Waals surface area contributed by atoms with E-state index in [1.54, 1.807) is 6.08 Å². The molecule has 1 aliphatic heterocycles. The molecule has 26 heavy (non-hydrogen) atoms. The summed E-state index contributed by atoms with van der Waals surface area (Å²) in [6, 6.07) is 11.7. The molecule has 2 aromatic rings. The number of benzene rings is 2. The third kappa shape index (κ3) is 3.67. The summed E-state index contributed by atoms with van der Waals surface area (Å²) >= 11 is 0.712. The zero-order chi connectivity index (χ0) is 18.9. The van der Waals surface area contributed by atoms with Crippen molar-refractivity contribution in [1.82, 2.24) is 0 Å². The van der Waals surface area contributed by atoms with Crippen molar-refractivity contribution >= 4 is 34.7 Å². The van der Waals surface area contributed by atoms with E-state index in [4.69, 9.17) is 0 Å². The number of anilines is 1. The minimum Gasteiger partial charge on any atom is -0.268 e. The van der Waals surface area contributed by atoms with Crippen LogP contribution in [0.1, 0.15) is 23.6 Å². The number of hydrogen-bond donors (Lipinski definition) is 0. The van der Waals surface area contributed by atoms with E-state index in [0.29, 0.717) is 11.8 Å². The Kier molecular flexibility index (Phi) is 4.91. The summed E-state index contributed by atoms with van der Waals surface area (Å²) < 4.78 is 38.6. The maximum Gasteiger partial charge on any atom is 0.416 e. The van der Waals surface area contributed by atoms with Crippen LogP contribution in [0.5, 0.6) is 0 Å². The van der Waals surface area contributed by atoms with E-state index >= 15 is 0 Å². The predicted molar refractivity (Wildman–Crippen MR) is 95.7 cm³/mol. The maximum absolute atomic E-state index is 12.9. The van der Waals surface area contributed by atoms with Gasteiger partial charge in [0.1, 0.15) is 0 Å². The Labute approximate surface area is 152 Å². The van der Waals surface area contributed by atoms with Gasteiger partial charge in [-0.05, 0) is 53.6 Å². The number of alkyl halides is 3. The first-order valence-electron chi connectivity index (χ1n) is 7.84. The summed E-state index contributed by atoms with van der Waals surface area (Å²) in [5, 5.41) is -0.620. The number of amides is 2. The van der Waals surface area contributed by atoms with E-state index in [2.05, 4.69) is 0 Å². The highest BCUT2D eigenvalue weighted by Gasteiger charge is 2.38. The van der Waals surface area contributed by atoms with Crippen LogP contribution in [-0.2, 0) is 17.4 Å². The third-order valence-corrected chi connectivity index (χ3v) is 4.78. The Morgan fingerprint density at radius 2 is 1.77 bits per heavy atom. The molecule has 134 valence electrons. The standard InChI is InChI=1S/C19H14F3NO2S/c1-2-12-6-8-13(9-7-12)10-16-17(24)23(18(25)26-16)15-5-3-4-14(11-15)19(20,21)22/h3-11H,2H2,1H3/b16-10-. The van der Waals surface area contributed by atoms with Gasteiger partial charge in [-0.15, -0.1) is 0 Å². The molecule has 0 bridgehead atoms. The van der Waals surface area contributed by atoms with Crippen LogP contribution >= 0.6 is 11.8 Å². The van der Waals surface area contributed by atoms with Gasteiger partial charge in [-0.25, -0.2) is 4.90 Å². The zero-order valence-corrected chi connectivity index (χ0v) is 14.5. The SMILES string of the molecule is CCc1ccc(/C=C2\SC(=O)N(c3cccc(C(F)(F)F)c3)C2=O)cc1. The van der Waals surface area contributed by atoms with Crippen LogP contribution in [0.2, 0.25) is 0 Å². The molecule has 0 N–H and O–H groups in total. The number of hydrogen-bond acceptors (Lipinski definition) is 3. The van der Waals surface area contributed by atoms with Gasteiger partial charge in [-0.1, -0.05) is 37.3 Å². The van der Waals surface area contributed by atoms with Crippen molar-refractivity contribution in [3.63, 3.8) is 0 Å². The van der Waals surface area contributed by atoms with Crippen LogP contribution < -0.4 is 4.90 Å². The van der Waals surface area contributed by atoms with Crippen molar-refractivity contribution in [3.05, 3.63) is 70.1 Å². The molecule has 0 atom stereocenters. The lowest BCUT2D eigenvalue weighted by molar-refractivity contribution is -0.137. The Bertz CT molecular complexity index is 888. The molecule has 3 nitrogen and oxygen atoms in total. The monoisotopic (exact) mass is 377 g/mol. The summed E-state index contributed by atoms with van der Waals surface area (Å²) in [5.74, 6) is -0.626. The number of thioether (sulfide) groups is 1. The predicted octanol–water partition coefficient (Wildman–Crippen LogP) is 5.51. The second kappa shape index (κ2) is 6.99. The first kappa shape index (κ1) is 18.3. The molecule has 1 heterocycles. The number of halogens is 3. The molecule has 0 aromatic heterocycles. The van der Waals surface area contributed by atoms with Crippen molar-refractivity contribution in [3.8, 4) is 0 Å². The maximum atomic E-state index is 12.9. The Morgan fingerprint density at radius 1 is 1.08 bits per heavy atom. The second-order valence-electron chi connectivity index (χ2n) is 5.66. The van der Waals surface area contributed by atoms with E-state index in [0.717, 1.165) is 34.6 Å². The molecule has 2 amide bonds. The van der Waals surface area contributed by atoms with Crippen molar-refractivity contribution in [2.75, 3.05) is 4.90 Å². The highest BCUT2D eigenvalue weighted by atomic mass is 32.2. The average molecular weight is 377 g/mol. The van der Waals surface area contributed by atoms with Crippen molar-refractivity contribution in [2.45, 2.75) is 19.5 Å². The Hall–Kier alpha value is -2.54. The average Bonchev–Trinajstić information content (AvgIpc) is 2.88. The third-order valence-electron chi connectivity index (χ3n) is 3.91. The number of nitrogens with zero attached hydrogens (tertiary/aromatic N) is 1. The highest BCUT2D eigenvalue weighted by molar-refractivity contribution is 8.19. The minimum absolute atomic E-state index is 0.0907. The first-order valence-corrected chi connectivity index (χ1v) is 8.65. The molecule has 1 fully saturated rings. The molecule has 7 heteroatoms. The van der Waals surface area contributed by atoms with Gasteiger partial charge in [0.25, 0.3) is 11.1 Å². The lowest BCUT2D eigenvalue weighted by Crippen LogP contribution is -2.28. The summed E-state index contributed by atoms with van der Waals surface area (Å²) in [6.45, 7) is 2.02. The van der Waals surface area contributed by atoms with Crippen molar-refractivity contribution in [2.24, 2.45) is 0 Å². The Balaban J connectivity index is 1.90. The van der Waals surface area contributed by atoms with Crippen LogP contribution in [0.15, 0.2) is 53.4 Å². The van der Waals surface area contributed by atoms with Crippen LogP contribution in [0.4, 0.5) is 23.7 Å². The Morgan fingerprint density at radius 3 is 2.38 bits per heavy atom. The quantitative estimate of drug-likeness (QED) is 0.662. The number of aryl methyl sites for hydroxylation is 1. The van der Waals surface area contributed by atoms with Gasteiger partial charge in [0.05, 0.1) is 16.2 Å². The zero-order valence-electron chi connectivity index (χ0n) is 13.7. The summed E-state index contributed by atoms with van der Waals surface area (Å²) in [5.41, 5.74) is 0.885. The van der Waals surface area contributed by atoms with Crippen molar-refractivity contribution in [1.29, 1.82) is 0 Å². The number of carbonyl (C=O) groups is 2. The van der Waals surface area contributed by atoms with Gasteiger partial charge in [-0.2, -0.15) is 13.2 Å². The summed E-state index contributed by atoms with van der Waals surface area (Å²) in [6.07, 6.45) is -2.10. The van der Waals surface area contributed by atoms with Crippen molar-refractivity contribution < 1.29 is 22.8 Å². The van der Waals surface area contributed by atoms with Crippen LogP contribution in [-0.4, -0.2) is 11.1 Å². The first-order chi connectivity index (χ1) is 12.3. The normalized spacial score (nSPS) is 16.6. The van der Waals surface area contributed by atoms with Gasteiger partial charge in [0.15, 0.2) is 0 Å².